The third-order valence-electron chi connectivity index (χ3n) is 4.46. The maximum Gasteiger partial charge on any atom is 0.0414 e. The largest absolute Gasteiger partial charge is 0.345 e. The van der Waals surface area contributed by atoms with Crippen molar-refractivity contribution in [2.45, 2.75) is 26.2 Å². The van der Waals surface area contributed by atoms with Gasteiger partial charge < -0.3 is 4.90 Å². The lowest BCUT2D eigenvalue weighted by Gasteiger charge is -2.23. The molecule has 0 heterocycles. The van der Waals surface area contributed by atoms with E-state index in [-0.39, 0.29) is 5.41 Å². The molecule has 0 aliphatic heterocycles. The predicted molar refractivity (Wildman–Crippen MR) is 105 cm³/mol. The van der Waals surface area contributed by atoms with E-state index in [4.69, 9.17) is 0 Å². The lowest BCUT2D eigenvalue weighted by molar-refractivity contribution is 0.590. The van der Waals surface area contributed by atoms with E-state index in [0.29, 0.717) is 0 Å². The van der Waals surface area contributed by atoms with Crippen LogP contribution in [0.15, 0.2) is 78.9 Å². The summed E-state index contributed by atoms with van der Waals surface area (Å²) in [5, 5.41) is 0. The Bertz CT molecular complexity index is 795. The highest BCUT2D eigenvalue weighted by Gasteiger charge is 2.14. The molecule has 0 aliphatic rings. The topological polar surface area (TPSA) is 3.24 Å². The van der Waals surface area contributed by atoms with E-state index in [2.05, 4.69) is 112 Å². The minimum absolute atomic E-state index is 0.185. The number of nitrogens with zero attached hydrogens (tertiary/aromatic N) is 1. The highest BCUT2D eigenvalue weighted by molar-refractivity contribution is 5.72. The molecule has 3 aromatic rings. The van der Waals surface area contributed by atoms with Crippen molar-refractivity contribution in [3.05, 3.63) is 84.4 Å². The van der Waals surface area contributed by atoms with Crippen LogP contribution < -0.4 is 4.90 Å². The van der Waals surface area contributed by atoms with Gasteiger partial charge in [0.15, 0.2) is 0 Å². The van der Waals surface area contributed by atoms with E-state index < -0.39 is 0 Å². The molecule has 0 spiro atoms. The van der Waals surface area contributed by atoms with Crippen molar-refractivity contribution in [3.63, 3.8) is 0 Å². The number of hydrogen-bond donors (Lipinski definition) is 0. The van der Waals surface area contributed by atoms with Crippen LogP contribution in [-0.2, 0) is 5.41 Å². The van der Waals surface area contributed by atoms with Crippen molar-refractivity contribution in [3.8, 4) is 11.1 Å². The zero-order valence-electron chi connectivity index (χ0n) is 15.0. The van der Waals surface area contributed by atoms with Crippen molar-refractivity contribution in [2.24, 2.45) is 0 Å². The summed E-state index contributed by atoms with van der Waals surface area (Å²) in [6, 6.07) is 28.1. The Kier molecular flexibility index (Phi) is 4.44. The SMILES string of the molecule is CN(c1ccc(C(C)(C)C)cc1)c1cccc(-c2ccccc2)c1. The van der Waals surface area contributed by atoms with Crippen LogP contribution in [0.1, 0.15) is 26.3 Å². The second-order valence-corrected chi connectivity index (χ2v) is 7.27. The normalized spacial score (nSPS) is 11.3. The Labute approximate surface area is 145 Å². The third-order valence-corrected chi connectivity index (χ3v) is 4.46. The fourth-order valence-electron chi connectivity index (χ4n) is 2.86. The van der Waals surface area contributed by atoms with Gasteiger partial charge in [0.1, 0.15) is 0 Å². The quantitative estimate of drug-likeness (QED) is 0.539. The summed E-state index contributed by atoms with van der Waals surface area (Å²) in [4.78, 5) is 2.24. The van der Waals surface area contributed by atoms with Gasteiger partial charge in [-0.1, -0.05) is 75.4 Å². The molecule has 0 saturated carbocycles. The minimum Gasteiger partial charge on any atom is -0.345 e. The van der Waals surface area contributed by atoms with Crippen LogP contribution in [0.3, 0.4) is 0 Å². The van der Waals surface area contributed by atoms with Gasteiger partial charge in [-0.25, -0.2) is 0 Å². The first-order valence-electron chi connectivity index (χ1n) is 8.45. The lowest BCUT2D eigenvalue weighted by atomic mass is 9.87. The summed E-state index contributed by atoms with van der Waals surface area (Å²) in [6.07, 6.45) is 0. The lowest BCUT2D eigenvalue weighted by Crippen LogP contribution is -2.13. The van der Waals surface area contributed by atoms with Crippen molar-refractivity contribution >= 4 is 11.4 Å². The molecule has 0 N–H and O–H groups in total. The van der Waals surface area contributed by atoms with Crippen molar-refractivity contribution in [1.82, 2.24) is 0 Å². The standard InChI is InChI=1S/C23H25N/c1-23(2,3)20-13-15-21(16-14-20)24(4)22-12-8-11-19(17-22)18-9-6-5-7-10-18/h5-17H,1-4H3. The van der Waals surface area contributed by atoms with Gasteiger partial charge in [-0.05, 0) is 46.4 Å². The smallest absolute Gasteiger partial charge is 0.0414 e. The Balaban J connectivity index is 1.89. The van der Waals surface area contributed by atoms with E-state index in [1.54, 1.807) is 0 Å². The Morgan fingerprint density at radius 1 is 0.625 bits per heavy atom. The van der Waals surface area contributed by atoms with Gasteiger partial charge in [0.25, 0.3) is 0 Å². The average Bonchev–Trinajstić information content (AvgIpc) is 2.61. The molecule has 0 amide bonds. The first-order chi connectivity index (χ1) is 11.4. The first kappa shape index (κ1) is 16.3. The van der Waals surface area contributed by atoms with E-state index in [1.165, 1.54) is 28.1 Å². The molecule has 0 atom stereocenters. The van der Waals surface area contributed by atoms with Crippen molar-refractivity contribution in [2.75, 3.05) is 11.9 Å². The van der Waals surface area contributed by atoms with Gasteiger partial charge in [-0.2, -0.15) is 0 Å². The van der Waals surface area contributed by atoms with E-state index in [1.807, 2.05) is 0 Å². The molecule has 0 unspecified atom stereocenters. The van der Waals surface area contributed by atoms with Crippen LogP contribution in [0.5, 0.6) is 0 Å². The monoisotopic (exact) mass is 315 g/mol. The molecular weight excluding hydrogens is 290 g/mol. The van der Waals surface area contributed by atoms with E-state index in [9.17, 15) is 0 Å². The fourth-order valence-corrected chi connectivity index (χ4v) is 2.86. The number of anilines is 2. The van der Waals surface area contributed by atoms with Gasteiger partial charge in [0.2, 0.25) is 0 Å². The molecular formula is C23H25N. The fraction of sp³-hybridized carbons (Fsp3) is 0.217. The number of hydrogen-bond acceptors (Lipinski definition) is 1. The van der Waals surface area contributed by atoms with Crippen LogP contribution in [-0.4, -0.2) is 7.05 Å². The summed E-state index contributed by atoms with van der Waals surface area (Å²) in [5.41, 5.74) is 6.43. The first-order valence-corrected chi connectivity index (χ1v) is 8.45. The summed E-state index contributed by atoms with van der Waals surface area (Å²) >= 11 is 0. The van der Waals surface area contributed by atoms with Crippen LogP contribution in [0.25, 0.3) is 11.1 Å². The van der Waals surface area contributed by atoms with Gasteiger partial charge in [0.05, 0.1) is 0 Å². The highest BCUT2D eigenvalue weighted by atomic mass is 15.1. The molecule has 1 nitrogen and oxygen atoms in total. The maximum atomic E-state index is 2.25. The summed E-state index contributed by atoms with van der Waals surface area (Å²) in [5.74, 6) is 0. The number of benzene rings is 3. The van der Waals surface area contributed by atoms with Gasteiger partial charge >= 0.3 is 0 Å². The molecule has 0 bridgehead atoms. The van der Waals surface area contributed by atoms with E-state index >= 15 is 0 Å². The second kappa shape index (κ2) is 6.52. The third kappa shape index (κ3) is 3.51. The molecule has 0 radical (unpaired) electrons. The molecule has 24 heavy (non-hydrogen) atoms. The highest BCUT2D eigenvalue weighted by Crippen LogP contribution is 2.30. The minimum atomic E-state index is 0.185. The summed E-state index contributed by atoms with van der Waals surface area (Å²) in [7, 11) is 2.12. The molecule has 0 fully saturated rings. The Hall–Kier alpha value is -2.54. The van der Waals surface area contributed by atoms with E-state index in [0.717, 1.165) is 0 Å². The van der Waals surface area contributed by atoms with Crippen molar-refractivity contribution in [1.29, 1.82) is 0 Å². The predicted octanol–water partition coefficient (Wildman–Crippen LogP) is 6.42. The molecule has 3 rings (SSSR count). The molecule has 0 aromatic heterocycles. The molecule has 122 valence electrons. The summed E-state index contributed by atoms with van der Waals surface area (Å²) < 4.78 is 0. The van der Waals surface area contributed by atoms with Crippen LogP contribution in [0, 0.1) is 0 Å². The van der Waals surface area contributed by atoms with Gasteiger partial charge in [0, 0.05) is 18.4 Å². The Morgan fingerprint density at radius 3 is 1.88 bits per heavy atom. The van der Waals surface area contributed by atoms with Gasteiger partial charge in [-0.3, -0.25) is 0 Å². The van der Waals surface area contributed by atoms with Gasteiger partial charge in [-0.15, -0.1) is 0 Å². The van der Waals surface area contributed by atoms with Crippen molar-refractivity contribution < 1.29 is 0 Å². The maximum absolute atomic E-state index is 2.25. The zero-order valence-corrected chi connectivity index (χ0v) is 15.0. The molecule has 3 aromatic carbocycles. The zero-order chi connectivity index (χ0) is 17.2. The molecule has 0 aliphatic carbocycles. The molecule has 0 saturated heterocycles. The molecule has 1 heteroatoms. The summed E-state index contributed by atoms with van der Waals surface area (Å²) in [6.45, 7) is 6.74. The Morgan fingerprint density at radius 2 is 1.25 bits per heavy atom. The van der Waals surface area contributed by atoms with Crippen LogP contribution in [0.4, 0.5) is 11.4 Å². The second-order valence-electron chi connectivity index (χ2n) is 7.27. The van der Waals surface area contributed by atoms with Crippen LogP contribution in [0.2, 0.25) is 0 Å². The van der Waals surface area contributed by atoms with Crippen LogP contribution >= 0.6 is 0 Å². The average molecular weight is 315 g/mol. The number of rotatable bonds is 3.